The molecule has 172 valence electrons. The number of nitrogens with zero attached hydrogens (tertiary/aromatic N) is 4. The van der Waals surface area contributed by atoms with Crippen molar-refractivity contribution < 1.29 is 18.1 Å². The van der Waals surface area contributed by atoms with Gasteiger partial charge in [0, 0.05) is 5.56 Å². The summed E-state index contributed by atoms with van der Waals surface area (Å²) in [6.07, 6.45) is 3.01. The maximum Gasteiger partial charge on any atom is 0.498 e. The van der Waals surface area contributed by atoms with E-state index in [-0.39, 0.29) is 11.6 Å². The van der Waals surface area contributed by atoms with Gasteiger partial charge in [-0.15, -0.1) is 0 Å². The molecule has 2 heterocycles. The first kappa shape index (κ1) is 23.3. The van der Waals surface area contributed by atoms with E-state index in [1.54, 1.807) is 25.8 Å². The molecule has 2 N–H and O–H groups in total. The van der Waals surface area contributed by atoms with E-state index in [0.717, 1.165) is 23.8 Å². The number of carbonyl (C=O) groups excluding carboxylic acids is 1. The van der Waals surface area contributed by atoms with Crippen molar-refractivity contribution in [3.8, 4) is 0 Å². The van der Waals surface area contributed by atoms with E-state index < -0.39 is 16.5 Å². The van der Waals surface area contributed by atoms with Crippen molar-refractivity contribution >= 4 is 39.2 Å². The SMILES string of the molecule is CN(C)C(=O)[n+]1csc(N2N=C(c3cc(F)ccc3F)SC2(CCCN)c2ccccc2)c1. The lowest BCUT2D eigenvalue weighted by molar-refractivity contribution is -0.571. The molecule has 1 unspecified atom stereocenters. The molecular formula is C23H24F2N5OS2+. The Morgan fingerprint density at radius 1 is 1.21 bits per heavy atom. The summed E-state index contributed by atoms with van der Waals surface area (Å²) in [6, 6.07) is 12.9. The lowest BCUT2D eigenvalue weighted by atomic mass is 10.0. The van der Waals surface area contributed by atoms with E-state index in [1.165, 1.54) is 32.6 Å². The van der Waals surface area contributed by atoms with E-state index in [2.05, 4.69) is 0 Å². The number of hydrazone groups is 1. The minimum absolute atomic E-state index is 0.101. The van der Waals surface area contributed by atoms with Crippen LogP contribution in [0.25, 0.3) is 0 Å². The van der Waals surface area contributed by atoms with Crippen molar-refractivity contribution in [3.63, 3.8) is 0 Å². The first-order valence-electron chi connectivity index (χ1n) is 10.4. The fourth-order valence-electron chi connectivity index (χ4n) is 3.64. The van der Waals surface area contributed by atoms with Crippen LogP contribution in [0.5, 0.6) is 0 Å². The van der Waals surface area contributed by atoms with Gasteiger partial charge in [0.2, 0.25) is 0 Å². The Balaban J connectivity index is 1.87. The van der Waals surface area contributed by atoms with Crippen LogP contribution in [0.2, 0.25) is 0 Å². The summed E-state index contributed by atoms with van der Waals surface area (Å²) in [5, 5.41) is 7.65. The molecule has 1 atom stereocenters. The number of carbonyl (C=O) groups is 1. The molecule has 0 aliphatic carbocycles. The fraction of sp³-hybridized carbons (Fsp3) is 0.261. The maximum atomic E-state index is 14.7. The Morgan fingerprint density at radius 2 is 1.97 bits per heavy atom. The second-order valence-corrected chi connectivity index (χ2v) is 9.89. The molecule has 0 radical (unpaired) electrons. The van der Waals surface area contributed by atoms with Crippen LogP contribution in [-0.2, 0) is 4.87 Å². The molecule has 2 aromatic carbocycles. The summed E-state index contributed by atoms with van der Waals surface area (Å²) >= 11 is 2.72. The van der Waals surface area contributed by atoms with Crippen molar-refractivity contribution in [1.29, 1.82) is 0 Å². The van der Waals surface area contributed by atoms with Gasteiger partial charge in [0.05, 0.1) is 14.1 Å². The van der Waals surface area contributed by atoms with E-state index in [9.17, 15) is 13.6 Å². The highest BCUT2D eigenvalue weighted by atomic mass is 32.2. The van der Waals surface area contributed by atoms with Crippen LogP contribution in [0.1, 0.15) is 24.0 Å². The summed E-state index contributed by atoms with van der Waals surface area (Å²) in [5.74, 6) is -1.08. The van der Waals surface area contributed by atoms with Crippen molar-refractivity contribution in [3.05, 3.63) is 83.0 Å². The van der Waals surface area contributed by atoms with Crippen LogP contribution in [0, 0.1) is 11.6 Å². The number of rotatable bonds is 6. The maximum absolute atomic E-state index is 14.7. The van der Waals surface area contributed by atoms with Crippen LogP contribution in [0.4, 0.5) is 18.6 Å². The Morgan fingerprint density at radius 3 is 2.67 bits per heavy atom. The van der Waals surface area contributed by atoms with Crippen molar-refractivity contribution in [2.75, 3.05) is 25.6 Å². The number of hydrogen-bond donors (Lipinski definition) is 1. The van der Waals surface area contributed by atoms with Crippen LogP contribution in [0.15, 0.2) is 65.3 Å². The molecule has 1 amide bonds. The predicted octanol–water partition coefficient (Wildman–Crippen LogP) is 4.35. The van der Waals surface area contributed by atoms with Gasteiger partial charge in [0.15, 0.2) is 10.5 Å². The molecule has 0 spiro atoms. The number of thioether (sulfide) groups is 1. The van der Waals surface area contributed by atoms with Crippen molar-refractivity contribution in [2.45, 2.75) is 17.7 Å². The second kappa shape index (κ2) is 9.58. The monoisotopic (exact) mass is 488 g/mol. The highest BCUT2D eigenvalue weighted by Gasteiger charge is 2.47. The molecule has 0 bridgehead atoms. The summed E-state index contributed by atoms with van der Waals surface area (Å²) in [6.45, 7) is 0.468. The molecule has 10 heteroatoms. The van der Waals surface area contributed by atoms with E-state index in [0.29, 0.717) is 29.4 Å². The number of nitrogens with two attached hydrogens (primary N) is 1. The first-order chi connectivity index (χ1) is 15.9. The van der Waals surface area contributed by atoms with Crippen molar-refractivity contribution in [1.82, 2.24) is 4.90 Å². The number of amides is 1. The zero-order chi connectivity index (χ0) is 23.6. The van der Waals surface area contributed by atoms with E-state index in [1.807, 2.05) is 35.3 Å². The third kappa shape index (κ3) is 4.50. The smallest absolute Gasteiger partial charge is 0.330 e. The molecule has 3 aromatic rings. The summed E-state index contributed by atoms with van der Waals surface area (Å²) < 4.78 is 30.2. The third-order valence-corrected chi connectivity index (χ3v) is 7.55. The molecule has 1 aliphatic rings. The van der Waals surface area contributed by atoms with Gasteiger partial charge >= 0.3 is 6.03 Å². The largest absolute Gasteiger partial charge is 0.498 e. The fourth-order valence-corrected chi connectivity index (χ4v) is 5.98. The molecule has 0 saturated heterocycles. The molecule has 0 saturated carbocycles. The topological polar surface area (TPSA) is 65.8 Å². The molecule has 6 nitrogen and oxygen atoms in total. The quantitative estimate of drug-likeness (QED) is 0.524. The van der Waals surface area contributed by atoms with Gasteiger partial charge < -0.3 is 5.73 Å². The summed E-state index contributed by atoms with van der Waals surface area (Å²) in [4.78, 5) is 13.2. The lowest BCUT2D eigenvalue weighted by Gasteiger charge is -2.36. The number of hydrogen-bond acceptors (Lipinski definition) is 6. The third-order valence-electron chi connectivity index (χ3n) is 5.25. The zero-order valence-corrected chi connectivity index (χ0v) is 19.9. The van der Waals surface area contributed by atoms with Gasteiger partial charge in [-0.25, -0.2) is 18.7 Å². The number of aromatic nitrogens is 1. The minimum atomic E-state index is -0.738. The molecule has 33 heavy (non-hydrogen) atoms. The molecule has 4 rings (SSSR count). The Kier molecular flexibility index (Phi) is 6.78. The number of halogens is 2. The average molecular weight is 489 g/mol. The van der Waals surface area contributed by atoms with Gasteiger partial charge in [-0.3, -0.25) is 0 Å². The summed E-state index contributed by atoms with van der Waals surface area (Å²) in [5.41, 5.74) is 8.63. The second-order valence-electron chi connectivity index (χ2n) is 7.76. The minimum Gasteiger partial charge on any atom is -0.330 e. The van der Waals surface area contributed by atoms with Crippen LogP contribution in [-0.4, -0.2) is 36.6 Å². The molecule has 0 fully saturated rings. The van der Waals surface area contributed by atoms with Crippen LogP contribution < -0.4 is 15.3 Å². The lowest BCUT2D eigenvalue weighted by Crippen LogP contribution is -2.48. The van der Waals surface area contributed by atoms with Crippen LogP contribution in [0.3, 0.4) is 0 Å². The molecule has 1 aliphatic heterocycles. The van der Waals surface area contributed by atoms with Crippen molar-refractivity contribution in [2.24, 2.45) is 10.8 Å². The van der Waals surface area contributed by atoms with Gasteiger partial charge in [0.1, 0.15) is 27.7 Å². The van der Waals surface area contributed by atoms with E-state index in [4.69, 9.17) is 10.8 Å². The van der Waals surface area contributed by atoms with Gasteiger partial charge in [-0.05, 0) is 43.1 Å². The number of thiazole rings is 1. The zero-order valence-electron chi connectivity index (χ0n) is 18.2. The van der Waals surface area contributed by atoms with Gasteiger partial charge in [-0.1, -0.05) is 53.4 Å². The van der Waals surface area contributed by atoms with Gasteiger partial charge in [0.25, 0.3) is 0 Å². The first-order valence-corrected chi connectivity index (χ1v) is 12.1. The highest BCUT2D eigenvalue weighted by Crippen LogP contribution is 2.52. The summed E-state index contributed by atoms with van der Waals surface area (Å²) in [7, 11) is 3.35. The molecule has 1 aromatic heterocycles. The number of benzene rings is 2. The standard InChI is InChI=1S/C23H24F2N5OS2/c1-28(2)22(31)29-14-20(32-15-29)30-23(11-6-12-26,16-7-4-3-5-8-16)33-21(27-30)18-13-17(24)9-10-19(18)25/h3-5,7-10,13-15H,6,11-12,26H2,1-2H3/q+1. The predicted molar refractivity (Wildman–Crippen MR) is 128 cm³/mol. The van der Waals surface area contributed by atoms with Gasteiger partial charge in [-0.2, -0.15) is 14.5 Å². The van der Waals surface area contributed by atoms with E-state index >= 15 is 0 Å². The Hall–Kier alpha value is -2.82. The highest BCUT2D eigenvalue weighted by molar-refractivity contribution is 8.15. The average Bonchev–Trinajstić information content (AvgIpc) is 3.45. The Labute approximate surface area is 199 Å². The molecular weight excluding hydrogens is 464 g/mol. The Bertz CT molecular complexity index is 1180. The number of anilines is 1. The van der Waals surface area contributed by atoms with Crippen LogP contribution >= 0.6 is 23.1 Å². The normalized spacial score (nSPS) is 17.8.